The van der Waals surface area contributed by atoms with E-state index in [9.17, 15) is 0 Å². The Morgan fingerprint density at radius 3 is 2.20 bits per heavy atom. The van der Waals surface area contributed by atoms with Crippen molar-refractivity contribution in [3.05, 3.63) is 46.8 Å². The van der Waals surface area contributed by atoms with Crippen LogP contribution in [0.4, 0.5) is 0 Å². The van der Waals surface area contributed by atoms with E-state index in [1.807, 2.05) is 18.4 Å². The third kappa shape index (κ3) is 3.31. The van der Waals surface area contributed by atoms with Gasteiger partial charge in [-0.1, -0.05) is 52.0 Å². The zero-order chi connectivity index (χ0) is 14.8. The highest BCUT2D eigenvalue weighted by Gasteiger charge is 2.14. The van der Waals surface area contributed by atoms with Crippen molar-refractivity contribution in [1.29, 1.82) is 0 Å². The standard InChI is InChI=1S/C18H25NS/c1-6-15(19-5)17-12-11-16(20-17)13-7-9-14(10-8-13)18(2,3)4/h7-12,15,19H,6H2,1-5H3. The zero-order valence-corrected chi connectivity index (χ0v) is 14.0. The molecule has 0 aliphatic heterocycles. The molecule has 1 atom stereocenters. The Balaban J connectivity index is 2.24. The highest BCUT2D eigenvalue weighted by atomic mass is 32.1. The molecule has 1 unspecified atom stereocenters. The van der Waals surface area contributed by atoms with E-state index in [1.165, 1.54) is 20.9 Å². The van der Waals surface area contributed by atoms with Gasteiger partial charge in [-0.2, -0.15) is 0 Å². The maximum absolute atomic E-state index is 3.37. The minimum absolute atomic E-state index is 0.221. The van der Waals surface area contributed by atoms with Crippen LogP contribution in [0.2, 0.25) is 0 Å². The highest BCUT2D eigenvalue weighted by Crippen LogP contribution is 2.33. The Morgan fingerprint density at radius 1 is 1.05 bits per heavy atom. The lowest BCUT2D eigenvalue weighted by Crippen LogP contribution is -2.13. The van der Waals surface area contributed by atoms with Crippen LogP contribution in [0.3, 0.4) is 0 Å². The van der Waals surface area contributed by atoms with Crippen molar-refractivity contribution in [1.82, 2.24) is 5.32 Å². The predicted octanol–water partition coefficient (Wildman–Crippen LogP) is 5.38. The molecule has 2 aromatic rings. The molecule has 2 rings (SSSR count). The molecule has 1 aromatic heterocycles. The molecule has 0 fully saturated rings. The third-order valence-electron chi connectivity index (χ3n) is 3.76. The second kappa shape index (κ2) is 6.11. The first kappa shape index (κ1) is 15.3. The molecule has 0 radical (unpaired) electrons. The molecule has 0 bridgehead atoms. The Hall–Kier alpha value is -1.12. The molecule has 1 heterocycles. The van der Waals surface area contributed by atoms with E-state index in [2.05, 4.69) is 69.4 Å². The van der Waals surface area contributed by atoms with Crippen molar-refractivity contribution in [2.45, 2.75) is 45.6 Å². The number of nitrogens with one attached hydrogen (secondary N) is 1. The van der Waals surface area contributed by atoms with Gasteiger partial charge in [-0.05, 0) is 42.1 Å². The smallest absolute Gasteiger partial charge is 0.0409 e. The molecule has 0 spiro atoms. The number of rotatable bonds is 4. The van der Waals surface area contributed by atoms with Gasteiger partial charge in [0, 0.05) is 15.8 Å². The largest absolute Gasteiger partial charge is 0.312 e. The van der Waals surface area contributed by atoms with E-state index < -0.39 is 0 Å². The summed E-state index contributed by atoms with van der Waals surface area (Å²) in [6.07, 6.45) is 1.12. The molecule has 2 heteroatoms. The Morgan fingerprint density at radius 2 is 1.70 bits per heavy atom. The van der Waals surface area contributed by atoms with Crippen LogP contribution in [0.5, 0.6) is 0 Å². The lowest BCUT2D eigenvalue weighted by molar-refractivity contribution is 0.586. The first-order chi connectivity index (χ1) is 9.45. The Bertz CT molecular complexity index is 542. The van der Waals surface area contributed by atoms with E-state index in [1.54, 1.807) is 0 Å². The van der Waals surface area contributed by atoms with Gasteiger partial charge in [0.2, 0.25) is 0 Å². The average Bonchev–Trinajstić information content (AvgIpc) is 2.89. The van der Waals surface area contributed by atoms with Crippen molar-refractivity contribution < 1.29 is 0 Å². The van der Waals surface area contributed by atoms with Gasteiger partial charge in [0.1, 0.15) is 0 Å². The van der Waals surface area contributed by atoms with E-state index in [4.69, 9.17) is 0 Å². The topological polar surface area (TPSA) is 12.0 Å². The number of hydrogen-bond donors (Lipinski definition) is 1. The van der Waals surface area contributed by atoms with Crippen LogP contribution in [0.25, 0.3) is 10.4 Å². The summed E-state index contributed by atoms with van der Waals surface area (Å²) in [7, 11) is 2.03. The molecular formula is C18H25NS. The van der Waals surface area contributed by atoms with Gasteiger partial charge in [0.25, 0.3) is 0 Å². The maximum Gasteiger partial charge on any atom is 0.0409 e. The fourth-order valence-electron chi connectivity index (χ4n) is 2.38. The van der Waals surface area contributed by atoms with E-state index in [0.29, 0.717) is 6.04 Å². The highest BCUT2D eigenvalue weighted by molar-refractivity contribution is 7.15. The van der Waals surface area contributed by atoms with Crippen molar-refractivity contribution in [3.63, 3.8) is 0 Å². The molecule has 1 N–H and O–H groups in total. The van der Waals surface area contributed by atoms with Crippen LogP contribution in [0.15, 0.2) is 36.4 Å². The van der Waals surface area contributed by atoms with E-state index >= 15 is 0 Å². The van der Waals surface area contributed by atoms with Gasteiger partial charge >= 0.3 is 0 Å². The lowest BCUT2D eigenvalue weighted by atomic mass is 9.86. The van der Waals surface area contributed by atoms with Crippen LogP contribution >= 0.6 is 11.3 Å². The minimum Gasteiger partial charge on any atom is -0.312 e. The average molecular weight is 287 g/mol. The number of hydrogen-bond acceptors (Lipinski definition) is 2. The molecule has 0 saturated heterocycles. The molecule has 108 valence electrons. The summed E-state index contributed by atoms with van der Waals surface area (Å²) in [6, 6.07) is 14.0. The second-order valence-electron chi connectivity index (χ2n) is 6.28. The number of benzene rings is 1. The second-order valence-corrected chi connectivity index (χ2v) is 7.39. The SMILES string of the molecule is CCC(NC)c1ccc(-c2ccc(C(C)(C)C)cc2)s1. The fourth-order valence-corrected chi connectivity index (χ4v) is 3.58. The van der Waals surface area contributed by atoms with Crippen LogP contribution in [0.1, 0.15) is 50.6 Å². The van der Waals surface area contributed by atoms with Gasteiger partial charge in [0.15, 0.2) is 0 Å². The fraction of sp³-hybridized carbons (Fsp3) is 0.444. The summed E-state index contributed by atoms with van der Waals surface area (Å²) in [5.41, 5.74) is 2.93. The van der Waals surface area contributed by atoms with E-state index in [0.717, 1.165) is 6.42 Å². The Kier molecular flexibility index (Phi) is 4.66. The summed E-state index contributed by atoms with van der Waals surface area (Å²) >= 11 is 1.89. The maximum atomic E-state index is 3.37. The summed E-state index contributed by atoms with van der Waals surface area (Å²) in [4.78, 5) is 2.78. The minimum atomic E-state index is 0.221. The van der Waals surface area contributed by atoms with Crippen molar-refractivity contribution in [2.75, 3.05) is 7.05 Å². The Labute approximate surface area is 127 Å². The quantitative estimate of drug-likeness (QED) is 0.795. The van der Waals surface area contributed by atoms with Crippen LogP contribution in [-0.4, -0.2) is 7.05 Å². The lowest BCUT2D eigenvalue weighted by Gasteiger charge is -2.19. The van der Waals surface area contributed by atoms with Gasteiger partial charge < -0.3 is 5.32 Å². The number of thiophene rings is 1. The zero-order valence-electron chi connectivity index (χ0n) is 13.2. The molecule has 20 heavy (non-hydrogen) atoms. The molecule has 0 aliphatic carbocycles. The molecule has 1 aromatic carbocycles. The van der Waals surface area contributed by atoms with Gasteiger partial charge in [-0.3, -0.25) is 0 Å². The first-order valence-corrected chi connectivity index (χ1v) is 8.15. The normalized spacial score (nSPS) is 13.4. The van der Waals surface area contributed by atoms with Crippen LogP contribution < -0.4 is 5.32 Å². The van der Waals surface area contributed by atoms with Gasteiger partial charge in [-0.25, -0.2) is 0 Å². The molecule has 0 amide bonds. The third-order valence-corrected chi connectivity index (χ3v) is 5.01. The van der Waals surface area contributed by atoms with Crippen molar-refractivity contribution in [2.24, 2.45) is 0 Å². The van der Waals surface area contributed by atoms with Gasteiger partial charge in [-0.15, -0.1) is 11.3 Å². The van der Waals surface area contributed by atoms with E-state index in [-0.39, 0.29) is 5.41 Å². The van der Waals surface area contributed by atoms with Crippen LogP contribution in [-0.2, 0) is 5.41 Å². The first-order valence-electron chi connectivity index (χ1n) is 7.33. The molecule has 1 nitrogen and oxygen atoms in total. The van der Waals surface area contributed by atoms with Crippen molar-refractivity contribution in [3.8, 4) is 10.4 Å². The summed E-state index contributed by atoms with van der Waals surface area (Å²) in [5, 5.41) is 3.37. The van der Waals surface area contributed by atoms with Crippen LogP contribution in [0, 0.1) is 0 Å². The summed E-state index contributed by atoms with van der Waals surface area (Å²) < 4.78 is 0. The molecule has 0 aliphatic rings. The predicted molar refractivity (Wildman–Crippen MR) is 90.5 cm³/mol. The molecule has 0 saturated carbocycles. The molecular weight excluding hydrogens is 262 g/mol. The summed E-state index contributed by atoms with van der Waals surface area (Å²) in [5.74, 6) is 0. The van der Waals surface area contributed by atoms with Gasteiger partial charge in [0.05, 0.1) is 0 Å². The monoisotopic (exact) mass is 287 g/mol. The summed E-state index contributed by atoms with van der Waals surface area (Å²) in [6.45, 7) is 8.98. The van der Waals surface area contributed by atoms with Crippen molar-refractivity contribution >= 4 is 11.3 Å².